The van der Waals surface area contributed by atoms with E-state index in [9.17, 15) is 0 Å². The van der Waals surface area contributed by atoms with Crippen molar-refractivity contribution in [1.82, 2.24) is 4.98 Å². The summed E-state index contributed by atoms with van der Waals surface area (Å²) in [4.78, 5) is 5.40. The molecule has 20 heavy (non-hydrogen) atoms. The summed E-state index contributed by atoms with van der Waals surface area (Å²) < 4.78 is 5.78. The van der Waals surface area contributed by atoms with Gasteiger partial charge in [0.1, 0.15) is 16.7 Å². The molecule has 1 aliphatic carbocycles. The van der Waals surface area contributed by atoms with Crippen molar-refractivity contribution in [1.29, 1.82) is 5.26 Å². The Morgan fingerprint density at radius 3 is 2.90 bits per heavy atom. The minimum absolute atomic E-state index is 0.534. The molecule has 0 bridgehead atoms. The predicted octanol–water partition coefficient (Wildman–Crippen LogP) is 3.82. The van der Waals surface area contributed by atoms with Crippen LogP contribution in [0.2, 0.25) is 0 Å². The van der Waals surface area contributed by atoms with Crippen molar-refractivity contribution in [2.24, 2.45) is 0 Å². The van der Waals surface area contributed by atoms with Gasteiger partial charge in [-0.2, -0.15) is 5.26 Å². The summed E-state index contributed by atoms with van der Waals surface area (Å²) in [6.45, 7) is 2.64. The molecule has 0 atom stereocenters. The topological polar surface area (TPSA) is 45.9 Å². The molecular formula is C16H16N2OS. The summed E-state index contributed by atoms with van der Waals surface area (Å²) in [5, 5.41) is 10.1. The zero-order valence-electron chi connectivity index (χ0n) is 11.4. The number of hydrogen-bond acceptors (Lipinski definition) is 4. The second kappa shape index (κ2) is 5.64. The molecule has 0 amide bonds. The first-order valence-corrected chi connectivity index (χ1v) is 7.67. The molecule has 0 aliphatic heterocycles. The van der Waals surface area contributed by atoms with Crippen LogP contribution >= 0.6 is 11.3 Å². The second-order valence-corrected chi connectivity index (χ2v) is 6.16. The summed E-state index contributed by atoms with van der Waals surface area (Å²) in [5.41, 5.74) is 2.16. The van der Waals surface area contributed by atoms with Crippen molar-refractivity contribution in [3.63, 3.8) is 0 Å². The zero-order chi connectivity index (χ0) is 13.9. The molecule has 1 aromatic carbocycles. The van der Waals surface area contributed by atoms with Crippen LogP contribution in [0.4, 0.5) is 0 Å². The van der Waals surface area contributed by atoms with E-state index in [1.165, 1.54) is 24.2 Å². The number of thiazole rings is 1. The normalized spacial score (nSPS) is 14.0. The van der Waals surface area contributed by atoms with Crippen molar-refractivity contribution in [3.8, 4) is 11.8 Å². The maximum absolute atomic E-state index is 9.14. The van der Waals surface area contributed by atoms with Crippen LogP contribution in [0.5, 0.6) is 5.75 Å². The first-order valence-electron chi connectivity index (χ1n) is 6.86. The Kier molecular flexibility index (Phi) is 3.70. The maximum atomic E-state index is 9.14. The number of nitrogens with zero attached hydrogens (tertiary/aromatic N) is 2. The van der Waals surface area contributed by atoms with E-state index in [1.54, 1.807) is 0 Å². The Bertz CT molecular complexity index is 653. The third-order valence-electron chi connectivity index (χ3n) is 3.43. The molecule has 1 fully saturated rings. The van der Waals surface area contributed by atoms with Gasteiger partial charge in [-0.25, -0.2) is 4.98 Å². The molecule has 3 rings (SSSR count). The number of aryl methyl sites for hydroxylation is 1. The van der Waals surface area contributed by atoms with E-state index in [0.29, 0.717) is 12.5 Å². The van der Waals surface area contributed by atoms with Gasteiger partial charge in [0.15, 0.2) is 0 Å². The van der Waals surface area contributed by atoms with E-state index < -0.39 is 0 Å². The quantitative estimate of drug-likeness (QED) is 0.838. The molecule has 0 unspecified atom stereocenters. The minimum Gasteiger partial charge on any atom is -0.493 e. The van der Waals surface area contributed by atoms with Crippen molar-refractivity contribution in [2.45, 2.75) is 32.1 Å². The fourth-order valence-corrected chi connectivity index (χ4v) is 3.09. The maximum Gasteiger partial charge on any atom is 0.128 e. The van der Waals surface area contributed by atoms with Gasteiger partial charge in [0.2, 0.25) is 0 Å². The van der Waals surface area contributed by atoms with Gasteiger partial charge in [-0.05, 0) is 31.4 Å². The lowest BCUT2D eigenvalue weighted by atomic mass is 10.2. The summed E-state index contributed by atoms with van der Waals surface area (Å²) in [6, 6.07) is 10.3. The van der Waals surface area contributed by atoms with E-state index in [0.717, 1.165) is 33.3 Å². The van der Waals surface area contributed by atoms with Crippen LogP contribution in [-0.2, 0) is 6.42 Å². The third-order valence-corrected chi connectivity index (χ3v) is 4.47. The zero-order valence-corrected chi connectivity index (χ0v) is 12.2. The van der Waals surface area contributed by atoms with Crippen LogP contribution in [0.3, 0.4) is 0 Å². The van der Waals surface area contributed by atoms with Gasteiger partial charge in [0.25, 0.3) is 0 Å². The van der Waals surface area contributed by atoms with E-state index in [-0.39, 0.29) is 0 Å². The smallest absolute Gasteiger partial charge is 0.128 e. The first-order chi connectivity index (χ1) is 9.78. The Hall–Kier alpha value is -1.86. The molecular weight excluding hydrogens is 268 g/mol. The molecule has 3 nitrogen and oxygen atoms in total. The number of para-hydroxylation sites is 1. The largest absolute Gasteiger partial charge is 0.493 e. The Balaban J connectivity index is 1.62. The highest BCUT2D eigenvalue weighted by molar-refractivity contribution is 7.12. The molecule has 1 aliphatic rings. The fraction of sp³-hybridized carbons (Fsp3) is 0.375. The lowest BCUT2D eigenvalue weighted by molar-refractivity contribution is 0.319. The molecule has 1 heterocycles. The number of benzene rings is 1. The van der Waals surface area contributed by atoms with Crippen LogP contribution in [0.15, 0.2) is 24.3 Å². The summed E-state index contributed by atoms with van der Waals surface area (Å²) in [7, 11) is 0. The standard InChI is InChI=1S/C16H16N2OS/c1-11-4-2-3-5-13(11)19-9-8-15-18-16(12-6-7-12)14(10-17)20-15/h2-5,12H,6-9H2,1H3. The highest BCUT2D eigenvalue weighted by Crippen LogP contribution is 2.42. The molecule has 0 N–H and O–H groups in total. The monoisotopic (exact) mass is 284 g/mol. The van der Waals surface area contributed by atoms with Crippen LogP contribution in [-0.4, -0.2) is 11.6 Å². The van der Waals surface area contributed by atoms with Gasteiger partial charge in [0.05, 0.1) is 17.3 Å². The number of ether oxygens (including phenoxy) is 1. The van der Waals surface area contributed by atoms with Gasteiger partial charge in [-0.1, -0.05) is 18.2 Å². The average molecular weight is 284 g/mol. The first kappa shape index (κ1) is 13.1. The lowest BCUT2D eigenvalue weighted by Gasteiger charge is -2.07. The van der Waals surface area contributed by atoms with Gasteiger partial charge < -0.3 is 4.74 Å². The van der Waals surface area contributed by atoms with E-state index in [1.807, 2.05) is 31.2 Å². The minimum atomic E-state index is 0.534. The average Bonchev–Trinajstić information content (AvgIpc) is 3.22. The van der Waals surface area contributed by atoms with E-state index in [4.69, 9.17) is 10.00 Å². The van der Waals surface area contributed by atoms with Gasteiger partial charge in [0, 0.05) is 12.3 Å². The number of hydrogen-bond donors (Lipinski definition) is 0. The predicted molar refractivity (Wildman–Crippen MR) is 79.2 cm³/mol. The summed E-state index contributed by atoms with van der Waals surface area (Å²) >= 11 is 1.51. The lowest BCUT2D eigenvalue weighted by Crippen LogP contribution is -2.02. The number of rotatable bonds is 5. The van der Waals surface area contributed by atoms with Crippen LogP contribution in [0.1, 0.15) is 39.9 Å². The third kappa shape index (κ3) is 2.83. The summed E-state index contributed by atoms with van der Waals surface area (Å²) in [5.74, 6) is 1.46. The van der Waals surface area contributed by atoms with Crippen LogP contribution < -0.4 is 4.74 Å². The van der Waals surface area contributed by atoms with Gasteiger partial charge in [-0.3, -0.25) is 0 Å². The van der Waals surface area contributed by atoms with Crippen molar-refractivity contribution in [2.75, 3.05) is 6.61 Å². The molecule has 2 aromatic rings. The van der Waals surface area contributed by atoms with Crippen molar-refractivity contribution >= 4 is 11.3 Å². The van der Waals surface area contributed by atoms with Crippen molar-refractivity contribution in [3.05, 3.63) is 45.4 Å². The number of aromatic nitrogens is 1. The van der Waals surface area contributed by atoms with Gasteiger partial charge in [-0.15, -0.1) is 11.3 Å². The summed E-state index contributed by atoms with van der Waals surface area (Å²) in [6.07, 6.45) is 3.12. The molecule has 0 spiro atoms. The molecule has 4 heteroatoms. The highest BCUT2D eigenvalue weighted by Gasteiger charge is 2.29. The highest BCUT2D eigenvalue weighted by atomic mass is 32.1. The molecule has 1 saturated carbocycles. The van der Waals surface area contributed by atoms with Gasteiger partial charge >= 0.3 is 0 Å². The Morgan fingerprint density at radius 1 is 1.40 bits per heavy atom. The Morgan fingerprint density at radius 2 is 2.20 bits per heavy atom. The molecule has 1 aromatic heterocycles. The van der Waals surface area contributed by atoms with E-state index in [2.05, 4.69) is 11.1 Å². The van der Waals surface area contributed by atoms with Crippen LogP contribution in [0.25, 0.3) is 0 Å². The fourth-order valence-electron chi connectivity index (χ4n) is 2.17. The van der Waals surface area contributed by atoms with Crippen molar-refractivity contribution < 1.29 is 4.74 Å². The second-order valence-electron chi connectivity index (χ2n) is 5.07. The molecule has 0 radical (unpaired) electrons. The molecule has 0 saturated heterocycles. The molecule has 102 valence electrons. The Labute approximate surface area is 122 Å². The number of nitriles is 1. The SMILES string of the molecule is Cc1ccccc1OCCc1nc(C2CC2)c(C#N)s1. The van der Waals surface area contributed by atoms with Crippen LogP contribution in [0, 0.1) is 18.3 Å². The van der Waals surface area contributed by atoms with E-state index >= 15 is 0 Å².